The van der Waals surface area contributed by atoms with E-state index < -0.39 is 28.6 Å². The summed E-state index contributed by atoms with van der Waals surface area (Å²) < 4.78 is 0. The number of amides is 1. The Hall–Kier alpha value is -3.06. The zero-order valence-electron chi connectivity index (χ0n) is 12.8. The van der Waals surface area contributed by atoms with Gasteiger partial charge >= 0.3 is 0 Å². The Morgan fingerprint density at radius 2 is 1.92 bits per heavy atom. The van der Waals surface area contributed by atoms with Crippen molar-refractivity contribution < 1.29 is 19.6 Å². The third-order valence-corrected chi connectivity index (χ3v) is 4.17. The van der Waals surface area contributed by atoms with Crippen LogP contribution >= 0.6 is 0 Å². The minimum absolute atomic E-state index is 0.0773. The van der Waals surface area contributed by atoms with Gasteiger partial charge in [-0.3, -0.25) is 19.7 Å². The lowest BCUT2D eigenvalue weighted by Crippen LogP contribution is -2.40. The first-order valence-corrected chi connectivity index (χ1v) is 7.22. The van der Waals surface area contributed by atoms with Crippen LogP contribution in [0.15, 0.2) is 48.5 Å². The van der Waals surface area contributed by atoms with Crippen molar-refractivity contribution in [2.24, 2.45) is 0 Å². The molecule has 1 aliphatic heterocycles. The summed E-state index contributed by atoms with van der Waals surface area (Å²) in [5.41, 5.74) is -1.56. The van der Waals surface area contributed by atoms with E-state index in [1.165, 1.54) is 24.1 Å². The molecule has 0 aliphatic carbocycles. The van der Waals surface area contributed by atoms with Crippen LogP contribution in [0, 0.1) is 10.1 Å². The lowest BCUT2D eigenvalue weighted by molar-refractivity contribution is -0.385. The molecule has 2 aromatic rings. The van der Waals surface area contributed by atoms with E-state index in [1.807, 2.05) is 0 Å². The Morgan fingerprint density at radius 3 is 2.54 bits per heavy atom. The predicted octanol–water partition coefficient (Wildman–Crippen LogP) is 2.03. The third kappa shape index (κ3) is 2.35. The maximum absolute atomic E-state index is 12.5. The molecule has 1 heterocycles. The number of nitro groups is 1. The van der Waals surface area contributed by atoms with Crippen LogP contribution in [-0.4, -0.2) is 28.8 Å². The average Bonchev–Trinajstić information content (AvgIpc) is 2.77. The van der Waals surface area contributed by atoms with Crippen LogP contribution in [0.2, 0.25) is 0 Å². The quantitative estimate of drug-likeness (QED) is 0.526. The van der Waals surface area contributed by atoms with Gasteiger partial charge in [0, 0.05) is 30.3 Å². The van der Waals surface area contributed by atoms with Gasteiger partial charge in [-0.15, -0.1) is 0 Å². The highest BCUT2D eigenvalue weighted by Crippen LogP contribution is 2.43. The first-order chi connectivity index (χ1) is 11.3. The van der Waals surface area contributed by atoms with E-state index in [0.717, 1.165) is 6.07 Å². The summed E-state index contributed by atoms with van der Waals surface area (Å²) >= 11 is 0. The molecule has 2 aromatic carbocycles. The maximum atomic E-state index is 12.5. The first-order valence-electron chi connectivity index (χ1n) is 7.22. The predicted molar refractivity (Wildman–Crippen MR) is 85.8 cm³/mol. The lowest BCUT2D eigenvalue weighted by atomic mass is 9.88. The molecule has 1 amide bonds. The highest BCUT2D eigenvalue weighted by atomic mass is 16.6. The molecule has 1 N–H and O–H groups in total. The number of hydrogen-bond donors (Lipinski definition) is 1. The molecule has 1 aliphatic rings. The fraction of sp³-hybridized carbons (Fsp3) is 0.176. The normalized spacial score (nSPS) is 19.2. The zero-order valence-corrected chi connectivity index (χ0v) is 12.8. The molecular formula is C17H14N2O5. The number of nitrogens with zero attached hydrogens (tertiary/aromatic N) is 2. The second-order valence-corrected chi connectivity index (χ2v) is 5.65. The number of nitro benzene ring substituents is 1. The van der Waals surface area contributed by atoms with Crippen molar-refractivity contribution in [2.75, 3.05) is 11.9 Å². The molecule has 1 unspecified atom stereocenters. The van der Waals surface area contributed by atoms with Crippen molar-refractivity contribution in [3.63, 3.8) is 0 Å². The Kier molecular flexibility index (Phi) is 3.65. The molecule has 0 aromatic heterocycles. The second kappa shape index (κ2) is 5.54. The molecule has 0 radical (unpaired) electrons. The van der Waals surface area contributed by atoms with Crippen molar-refractivity contribution in [1.82, 2.24) is 0 Å². The number of likely N-dealkylation sites (N-methyl/N-ethyl adjacent to an activating group) is 1. The zero-order chi connectivity index (χ0) is 17.5. The summed E-state index contributed by atoms with van der Waals surface area (Å²) in [7, 11) is 1.46. The van der Waals surface area contributed by atoms with Crippen molar-refractivity contribution in [3.05, 3.63) is 69.8 Å². The van der Waals surface area contributed by atoms with Crippen LogP contribution in [0.25, 0.3) is 0 Å². The summed E-state index contributed by atoms with van der Waals surface area (Å²) in [6, 6.07) is 12.1. The van der Waals surface area contributed by atoms with E-state index in [4.69, 9.17) is 0 Å². The van der Waals surface area contributed by atoms with Crippen molar-refractivity contribution >= 4 is 23.1 Å². The van der Waals surface area contributed by atoms with Crippen LogP contribution < -0.4 is 4.90 Å². The van der Waals surface area contributed by atoms with Crippen LogP contribution in [-0.2, 0) is 10.4 Å². The summed E-state index contributed by atoms with van der Waals surface area (Å²) in [5.74, 6) is -1.10. The maximum Gasteiger partial charge on any atom is 0.269 e. The van der Waals surface area contributed by atoms with Gasteiger partial charge in [-0.05, 0) is 6.07 Å². The Morgan fingerprint density at radius 1 is 1.25 bits per heavy atom. The van der Waals surface area contributed by atoms with Gasteiger partial charge in [-0.1, -0.05) is 30.3 Å². The summed E-state index contributed by atoms with van der Waals surface area (Å²) in [6.45, 7) is 0. The van der Waals surface area contributed by atoms with Crippen LogP contribution in [0.4, 0.5) is 11.4 Å². The Balaban J connectivity index is 2.04. The number of hydrogen-bond acceptors (Lipinski definition) is 5. The average molecular weight is 326 g/mol. The standard InChI is InChI=1S/C17H14N2O5/c1-18-14-8-7-12(19(23)24)9-13(14)17(22,16(18)21)10-15(20)11-5-3-2-4-6-11/h2-9,22H,10H2,1H3. The number of rotatable bonds is 4. The van der Waals surface area contributed by atoms with Crippen LogP contribution in [0.1, 0.15) is 22.3 Å². The molecule has 0 bridgehead atoms. The molecule has 122 valence electrons. The number of ketones is 1. The monoisotopic (exact) mass is 326 g/mol. The van der Waals surface area contributed by atoms with Gasteiger partial charge in [-0.25, -0.2) is 0 Å². The number of anilines is 1. The molecule has 0 saturated heterocycles. The summed E-state index contributed by atoms with van der Waals surface area (Å²) in [4.78, 5) is 36.5. The molecule has 24 heavy (non-hydrogen) atoms. The Labute approximate surface area is 137 Å². The van der Waals surface area contributed by atoms with Gasteiger partial charge in [-0.2, -0.15) is 0 Å². The third-order valence-electron chi connectivity index (χ3n) is 4.17. The van der Waals surface area contributed by atoms with Gasteiger partial charge in [0.15, 0.2) is 11.4 Å². The van der Waals surface area contributed by atoms with Crippen molar-refractivity contribution in [2.45, 2.75) is 12.0 Å². The van der Waals surface area contributed by atoms with E-state index in [2.05, 4.69) is 0 Å². The van der Waals surface area contributed by atoms with E-state index in [9.17, 15) is 24.8 Å². The Bertz CT molecular complexity index is 849. The van der Waals surface area contributed by atoms with E-state index in [-0.39, 0.29) is 11.3 Å². The van der Waals surface area contributed by atoms with Gasteiger partial charge in [0.25, 0.3) is 11.6 Å². The van der Waals surface area contributed by atoms with Crippen molar-refractivity contribution in [1.29, 1.82) is 0 Å². The van der Waals surface area contributed by atoms with Gasteiger partial charge in [0.2, 0.25) is 0 Å². The molecule has 3 rings (SSSR count). The minimum atomic E-state index is -2.11. The number of aliphatic hydroxyl groups is 1. The molecule has 0 fully saturated rings. The number of carbonyl (C=O) groups is 2. The summed E-state index contributed by atoms with van der Waals surface area (Å²) in [5, 5.41) is 21.9. The van der Waals surface area contributed by atoms with E-state index in [0.29, 0.717) is 11.3 Å². The highest BCUT2D eigenvalue weighted by Gasteiger charge is 2.50. The number of fused-ring (bicyclic) bond motifs is 1. The fourth-order valence-electron chi connectivity index (χ4n) is 2.89. The SMILES string of the molecule is CN1C(=O)C(O)(CC(=O)c2ccccc2)c2cc([N+](=O)[O-])ccc21. The van der Waals surface area contributed by atoms with Crippen LogP contribution in [0.3, 0.4) is 0 Å². The van der Waals surface area contributed by atoms with E-state index in [1.54, 1.807) is 30.3 Å². The first kappa shape index (κ1) is 15.8. The highest BCUT2D eigenvalue weighted by molar-refractivity contribution is 6.10. The number of benzene rings is 2. The topological polar surface area (TPSA) is 101 Å². The number of carbonyl (C=O) groups excluding carboxylic acids is 2. The molecule has 1 atom stereocenters. The minimum Gasteiger partial charge on any atom is -0.375 e. The molecule has 7 heteroatoms. The summed E-state index contributed by atoms with van der Waals surface area (Å²) in [6.07, 6.45) is -0.478. The molecule has 7 nitrogen and oxygen atoms in total. The molecule has 0 saturated carbocycles. The van der Waals surface area contributed by atoms with Crippen molar-refractivity contribution in [3.8, 4) is 0 Å². The van der Waals surface area contributed by atoms with Crippen LogP contribution in [0.5, 0.6) is 0 Å². The largest absolute Gasteiger partial charge is 0.375 e. The van der Waals surface area contributed by atoms with Gasteiger partial charge < -0.3 is 10.0 Å². The smallest absolute Gasteiger partial charge is 0.269 e. The number of non-ortho nitro benzene ring substituents is 1. The van der Waals surface area contributed by atoms with E-state index >= 15 is 0 Å². The number of Topliss-reactive ketones (excluding diaryl/α,β-unsaturated/α-hetero) is 1. The fourth-order valence-corrected chi connectivity index (χ4v) is 2.89. The molecule has 0 spiro atoms. The second-order valence-electron chi connectivity index (χ2n) is 5.65. The lowest BCUT2D eigenvalue weighted by Gasteiger charge is -2.21. The van der Waals surface area contributed by atoms with Gasteiger partial charge in [0.1, 0.15) is 0 Å². The molecular weight excluding hydrogens is 312 g/mol. The van der Waals surface area contributed by atoms with Gasteiger partial charge in [0.05, 0.1) is 17.0 Å².